The van der Waals surface area contributed by atoms with Crippen molar-refractivity contribution >= 4 is 11.8 Å². The van der Waals surface area contributed by atoms with Crippen LogP contribution in [0.25, 0.3) is 0 Å². The first-order valence-electron chi connectivity index (χ1n) is 8.37. The summed E-state index contributed by atoms with van der Waals surface area (Å²) in [6.45, 7) is 5.99. The molecule has 1 aromatic carbocycles. The van der Waals surface area contributed by atoms with Gasteiger partial charge in [-0.2, -0.15) is 0 Å². The van der Waals surface area contributed by atoms with E-state index in [0.29, 0.717) is 0 Å². The molecule has 24 heavy (non-hydrogen) atoms. The molecule has 2 aromatic rings. The Morgan fingerprint density at radius 1 is 1.17 bits per heavy atom. The van der Waals surface area contributed by atoms with E-state index in [0.717, 1.165) is 38.4 Å². The number of rotatable bonds is 4. The minimum absolute atomic E-state index is 0.102. The van der Waals surface area contributed by atoms with Crippen LogP contribution < -0.4 is 4.90 Å². The molecule has 0 saturated carbocycles. The van der Waals surface area contributed by atoms with E-state index in [1.54, 1.807) is 6.07 Å². The minimum atomic E-state index is -0.981. The molecule has 2 heterocycles. The van der Waals surface area contributed by atoms with Gasteiger partial charge in [-0.25, -0.2) is 9.78 Å². The maximum atomic E-state index is 11.2. The van der Waals surface area contributed by atoms with E-state index < -0.39 is 5.97 Å². The van der Waals surface area contributed by atoms with Crippen LogP contribution in [0.3, 0.4) is 0 Å². The number of hydrogen-bond donors (Lipinski definition) is 1. The summed E-state index contributed by atoms with van der Waals surface area (Å²) >= 11 is 0. The highest BCUT2D eigenvalue weighted by Gasteiger charge is 2.23. The van der Waals surface area contributed by atoms with Gasteiger partial charge in [-0.15, -0.1) is 0 Å². The fraction of sp³-hybridized carbons (Fsp3) is 0.368. The van der Waals surface area contributed by atoms with Gasteiger partial charge in [0.05, 0.1) is 0 Å². The predicted molar refractivity (Wildman–Crippen MR) is 94.3 cm³/mol. The molecule has 126 valence electrons. The minimum Gasteiger partial charge on any atom is -0.477 e. The van der Waals surface area contributed by atoms with Crippen LogP contribution in [0.5, 0.6) is 0 Å². The van der Waals surface area contributed by atoms with E-state index in [9.17, 15) is 4.79 Å². The average molecular weight is 325 g/mol. The molecule has 1 saturated heterocycles. The molecule has 3 rings (SSSR count). The van der Waals surface area contributed by atoms with Gasteiger partial charge < -0.3 is 10.0 Å². The Morgan fingerprint density at radius 2 is 1.96 bits per heavy atom. The highest BCUT2D eigenvalue weighted by molar-refractivity contribution is 5.85. The maximum Gasteiger partial charge on any atom is 0.354 e. The summed E-state index contributed by atoms with van der Waals surface area (Å²) < 4.78 is 0. The standard InChI is InChI=1S/C19H23N3O2/c1-15-13-21(14-16-7-3-2-4-8-16)11-6-12-22(15)18-10-5-9-17(20-18)19(23)24/h2-5,7-10,15H,6,11-14H2,1H3,(H,23,24). The zero-order valence-electron chi connectivity index (χ0n) is 13.9. The lowest BCUT2D eigenvalue weighted by molar-refractivity contribution is 0.0690. The predicted octanol–water partition coefficient (Wildman–Crippen LogP) is 2.88. The Bertz CT molecular complexity index is 690. The molecule has 1 atom stereocenters. The molecular formula is C19H23N3O2. The van der Waals surface area contributed by atoms with Crippen molar-refractivity contribution in [3.8, 4) is 0 Å². The molecule has 1 aromatic heterocycles. The van der Waals surface area contributed by atoms with Crippen molar-refractivity contribution in [3.05, 3.63) is 59.8 Å². The number of carbonyl (C=O) groups is 1. The topological polar surface area (TPSA) is 56.7 Å². The van der Waals surface area contributed by atoms with Crippen molar-refractivity contribution in [2.45, 2.75) is 25.9 Å². The van der Waals surface area contributed by atoms with Crippen LogP contribution in [0.2, 0.25) is 0 Å². The van der Waals surface area contributed by atoms with Gasteiger partial charge in [0, 0.05) is 32.2 Å². The quantitative estimate of drug-likeness (QED) is 0.937. The molecule has 5 heteroatoms. The lowest BCUT2D eigenvalue weighted by Crippen LogP contribution is -2.39. The number of aromatic nitrogens is 1. The monoisotopic (exact) mass is 325 g/mol. The first-order valence-corrected chi connectivity index (χ1v) is 8.37. The Labute approximate surface area is 142 Å². The number of anilines is 1. The Hall–Kier alpha value is -2.40. The Balaban J connectivity index is 1.71. The second-order valence-electron chi connectivity index (χ2n) is 6.30. The van der Waals surface area contributed by atoms with E-state index in [-0.39, 0.29) is 11.7 Å². The first-order chi connectivity index (χ1) is 11.6. The normalized spacial score (nSPS) is 19.0. The van der Waals surface area contributed by atoms with E-state index in [1.807, 2.05) is 12.1 Å². The second-order valence-corrected chi connectivity index (χ2v) is 6.30. The van der Waals surface area contributed by atoms with Gasteiger partial charge in [0.15, 0.2) is 5.69 Å². The number of carboxylic acid groups (broad SMARTS) is 1. The smallest absolute Gasteiger partial charge is 0.354 e. The third-order valence-corrected chi connectivity index (χ3v) is 4.42. The van der Waals surface area contributed by atoms with Gasteiger partial charge in [-0.3, -0.25) is 4.90 Å². The third-order valence-electron chi connectivity index (χ3n) is 4.42. The zero-order chi connectivity index (χ0) is 16.9. The number of nitrogens with zero attached hydrogens (tertiary/aromatic N) is 3. The highest BCUT2D eigenvalue weighted by Crippen LogP contribution is 2.20. The third kappa shape index (κ3) is 3.92. The summed E-state index contributed by atoms with van der Waals surface area (Å²) in [7, 11) is 0. The highest BCUT2D eigenvalue weighted by atomic mass is 16.4. The number of benzene rings is 1. The van der Waals surface area contributed by atoms with E-state index >= 15 is 0 Å². The van der Waals surface area contributed by atoms with Crippen molar-refractivity contribution in [2.75, 3.05) is 24.5 Å². The molecule has 0 bridgehead atoms. The van der Waals surface area contributed by atoms with Crippen LogP contribution in [0, 0.1) is 0 Å². The van der Waals surface area contributed by atoms with E-state index in [2.05, 4.69) is 46.0 Å². The number of aromatic carboxylic acids is 1. The van der Waals surface area contributed by atoms with Crippen LogP contribution in [-0.2, 0) is 6.54 Å². The fourth-order valence-corrected chi connectivity index (χ4v) is 3.28. The summed E-state index contributed by atoms with van der Waals surface area (Å²) in [6.07, 6.45) is 1.04. The number of pyridine rings is 1. The van der Waals surface area contributed by atoms with Crippen molar-refractivity contribution in [1.29, 1.82) is 0 Å². The van der Waals surface area contributed by atoms with Gasteiger partial charge in [0.1, 0.15) is 5.82 Å². The number of carboxylic acids is 1. The average Bonchev–Trinajstić information content (AvgIpc) is 2.77. The second kappa shape index (κ2) is 7.45. The molecule has 1 N–H and O–H groups in total. The van der Waals surface area contributed by atoms with Gasteiger partial charge in [0.2, 0.25) is 0 Å². The van der Waals surface area contributed by atoms with Crippen molar-refractivity contribution in [3.63, 3.8) is 0 Å². The Morgan fingerprint density at radius 3 is 2.71 bits per heavy atom. The van der Waals surface area contributed by atoms with Gasteiger partial charge >= 0.3 is 5.97 Å². The van der Waals surface area contributed by atoms with Crippen LogP contribution in [0.4, 0.5) is 5.82 Å². The molecular weight excluding hydrogens is 302 g/mol. The lowest BCUT2D eigenvalue weighted by Gasteiger charge is -2.30. The molecule has 0 aliphatic carbocycles. The Kier molecular flexibility index (Phi) is 5.11. The van der Waals surface area contributed by atoms with Crippen LogP contribution in [-0.4, -0.2) is 46.6 Å². The van der Waals surface area contributed by atoms with Gasteiger partial charge in [-0.1, -0.05) is 36.4 Å². The molecule has 1 unspecified atom stereocenters. The summed E-state index contributed by atoms with van der Waals surface area (Å²) in [6, 6.07) is 16.0. The number of hydrogen-bond acceptors (Lipinski definition) is 4. The van der Waals surface area contributed by atoms with E-state index in [1.165, 1.54) is 11.6 Å². The molecule has 0 amide bonds. The molecule has 0 radical (unpaired) electrons. The van der Waals surface area contributed by atoms with Gasteiger partial charge in [-0.05, 0) is 31.0 Å². The first kappa shape index (κ1) is 16.5. The summed E-state index contributed by atoms with van der Waals surface area (Å²) in [5.74, 6) is -0.228. The largest absolute Gasteiger partial charge is 0.477 e. The summed E-state index contributed by atoms with van der Waals surface area (Å²) in [5, 5.41) is 9.15. The van der Waals surface area contributed by atoms with Crippen LogP contribution in [0.1, 0.15) is 29.4 Å². The molecule has 1 aliphatic rings. The summed E-state index contributed by atoms with van der Waals surface area (Å²) in [4.78, 5) is 20.1. The van der Waals surface area contributed by atoms with Crippen molar-refractivity contribution < 1.29 is 9.90 Å². The fourth-order valence-electron chi connectivity index (χ4n) is 3.28. The zero-order valence-corrected chi connectivity index (χ0v) is 13.9. The molecule has 1 fully saturated rings. The maximum absolute atomic E-state index is 11.2. The van der Waals surface area contributed by atoms with Crippen LogP contribution in [0.15, 0.2) is 48.5 Å². The SMILES string of the molecule is CC1CN(Cc2ccccc2)CCCN1c1cccc(C(=O)O)n1. The molecule has 0 spiro atoms. The molecule has 5 nitrogen and oxygen atoms in total. The molecule has 1 aliphatic heterocycles. The van der Waals surface area contributed by atoms with Crippen molar-refractivity contribution in [1.82, 2.24) is 9.88 Å². The lowest BCUT2D eigenvalue weighted by atomic mass is 10.2. The van der Waals surface area contributed by atoms with Crippen molar-refractivity contribution in [2.24, 2.45) is 0 Å². The van der Waals surface area contributed by atoms with Crippen LogP contribution >= 0.6 is 0 Å². The van der Waals surface area contributed by atoms with E-state index in [4.69, 9.17) is 5.11 Å². The summed E-state index contributed by atoms with van der Waals surface area (Å²) in [5.41, 5.74) is 1.43. The van der Waals surface area contributed by atoms with Gasteiger partial charge in [0.25, 0.3) is 0 Å².